The first-order valence-electron chi connectivity index (χ1n) is 9.77. The van der Waals surface area contributed by atoms with Crippen LogP contribution in [0.4, 0.5) is 0 Å². The number of carbonyl (C=O) groups excluding carboxylic acids is 1. The van der Waals surface area contributed by atoms with Crippen LogP contribution in [0.25, 0.3) is 0 Å². The largest absolute Gasteiger partial charge is 0.459 e. The fourth-order valence-corrected chi connectivity index (χ4v) is 4.15. The number of esters is 1. The summed E-state index contributed by atoms with van der Waals surface area (Å²) < 4.78 is 18.2. The molecule has 1 aromatic carbocycles. The summed E-state index contributed by atoms with van der Waals surface area (Å²) in [5, 5.41) is 0.111. The average molecular weight is 391 g/mol. The molecular weight excluding hydrogens is 356 g/mol. The van der Waals surface area contributed by atoms with Gasteiger partial charge in [0.2, 0.25) is 0 Å². The van der Waals surface area contributed by atoms with Crippen LogP contribution in [0.15, 0.2) is 42.5 Å². The van der Waals surface area contributed by atoms with Crippen LogP contribution in [0.1, 0.15) is 39.7 Å². The predicted octanol–water partition coefficient (Wildman–Crippen LogP) is 5.10. The van der Waals surface area contributed by atoms with Crippen LogP contribution in [0.5, 0.6) is 0 Å². The van der Waals surface area contributed by atoms with Crippen molar-refractivity contribution in [1.82, 2.24) is 0 Å². The molecule has 0 bridgehead atoms. The molecule has 5 heteroatoms. The monoisotopic (exact) mass is 390 g/mol. The molecule has 1 aliphatic rings. The van der Waals surface area contributed by atoms with E-state index in [1.807, 2.05) is 24.3 Å². The normalized spacial score (nSPS) is 21.8. The highest BCUT2D eigenvalue weighted by Gasteiger charge is 2.40. The third-order valence-corrected chi connectivity index (χ3v) is 10.1. The van der Waals surface area contributed by atoms with E-state index in [-0.39, 0.29) is 29.1 Å². The van der Waals surface area contributed by atoms with E-state index in [0.717, 1.165) is 5.56 Å². The van der Waals surface area contributed by atoms with Crippen LogP contribution >= 0.6 is 0 Å². The van der Waals surface area contributed by atoms with Gasteiger partial charge in [-0.1, -0.05) is 64.1 Å². The van der Waals surface area contributed by atoms with Crippen molar-refractivity contribution in [2.45, 2.75) is 71.1 Å². The minimum Gasteiger partial charge on any atom is -0.459 e. The standard InChI is InChI=1S/C22H34O4Si/c1-17-12-13-21(23)25-20(17)14-19(26-27(5,6)22(2,3)4)16-24-15-18-10-8-7-9-11-18/h7-13,17,19-20H,14-16H2,1-6H3/t17-,19+,20+/m1/s1. The lowest BCUT2D eigenvalue weighted by molar-refractivity contribution is -0.148. The molecule has 0 N–H and O–H groups in total. The maximum Gasteiger partial charge on any atom is 0.330 e. The summed E-state index contributed by atoms with van der Waals surface area (Å²) in [5.41, 5.74) is 1.14. The van der Waals surface area contributed by atoms with Gasteiger partial charge in [0.1, 0.15) is 6.10 Å². The summed E-state index contributed by atoms with van der Waals surface area (Å²) in [5.74, 6) is -0.0864. The summed E-state index contributed by atoms with van der Waals surface area (Å²) in [4.78, 5) is 11.7. The first-order valence-corrected chi connectivity index (χ1v) is 12.7. The van der Waals surface area contributed by atoms with E-state index >= 15 is 0 Å². The van der Waals surface area contributed by atoms with Crippen LogP contribution in [-0.4, -0.2) is 33.1 Å². The zero-order valence-corrected chi connectivity index (χ0v) is 18.5. The van der Waals surface area contributed by atoms with Crippen molar-refractivity contribution in [2.24, 2.45) is 5.92 Å². The lowest BCUT2D eigenvalue weighted by atomic mass is 9.97. The predicted molar refractivity (Wildman–Crippen MR) is 111 cm³/mol. The molecule has 0 spiro atoms. The maximum absolute atomic E-state index is 11.7. The lowest BCUT2D eigenvalue weighted by Crippen LogP contribution is -2.46. The van der Waals surface area contributed by atoms with E-state index in [4.69, 9.17) is 13.9 Å². The Balaban J connectivity index is 2.03. The van der Waals surface area contributed by atoms with Crippen molar-refractivity contribution in [3.8, 4) is 0 Å². The molecule has 2 rings (SSSR count). The van der Waals surface area contributed by atoms with E-state index in [2.05, 4.69) is 52.9 Å². The number of rotatable bonds is 8. The van der Waals surface area contributed by atoms with Crippen molar-refractivity contribution in [3.63, 3.8) is 0 Å². The SMILES string of the molecule is C[C@@H]1C=CC(=O)O[C@H]1C[C@@H](COCc1ccccc1)O[Si](C)(C)C(C)(C)C. The molecule has 150 valence electrons. The van der Waals surface area contributed by atoms with Crippen molar-refractivity contribution in [3.05, 3.63) is 48.0 Å². The van der Waals surface area contributed by atoms with Crippen LogP contribution < -0.4 is 0 Å². The van der Waals surface area contributed by atoms with Crippen molar-refractivity contribution in [1.29, 1.82) is 0 Å². The molecule has 0 radical (unpaired) electrons. The molecule has 4 nitrogen and oxygen atoms in total. The Morgan fingerprint density at radius 3 is 2.48 bits per heavy atom. The number of hydrogen-bond acceptors (Lipinski definition) is 4. The Hall–Kier alpha value is -1.43. The van der Waals surface area contributed by atoms with Gasteiger partial charge in [0.05, 0.1) is 19.3 Å². The van der Waals surface area contributed by atoms with Crippen LogP contribution in [0.2, 0.25) is 18.1 Å². The first kappa shape index (κ1) is 21.9. The van der Waals surface area contributed by atoms with Gasteiger partial charge in [-0.15, -0.1) is 0 Å². The van der Waals surface area contributed by atoms with Crippen molar-refractivity contribution >= 4 is 14.3 Å². The lowest BCUT2D eigenvalue weighted by Gasteiger charge is -2.40. The van der Waals surface area contributed by atoms with E-state index < -0.39 is 8.32 Å². The van der Waals surface area contributed by atoms with Gasteiger partial charge in [0.25, 0.3) is 0 Å². The van der Waals surface area contributed by atoms with Gasteiger partial charge in [-0.05, 0) is 23.7 Å². The van der Waals surface area contributed by atoms with Crippen molar-refractivity contribution < 1.29 is 18.7 Å². The molecule has 1 aromatic rings. The van der Waals surface area contributed by atoms with E-state index in [9.17, 15) is 4.79 Å². The summed E-state index contributed by atoms with van der Waals surface area (Å²) in [7, 11) is -1.96. The number of carbonyl (C=O) groups is 1. The van der Waals surface area contributed by atoms with Gasteiger partial charge >= 0.3 is 5.97 Å². The molecule has 0 amide bonds. The first-order chi connectivity index (χ1) is 12.6. The zero-order chi connectivity index (χ0) is 20.1. The minimum atomic E-state index is -1.96. The van der Waals surface area contributed by atoms with Crippen LogP contribution in [-0.2, 0) is 25.3 Å². The summed E-state index contributed by atoms with van der Waals surface area (Å²) in [6.45, 7) is 14.3. The molecule has 0 aliphatic carbocycles. The Kier molecular flexibility index (Phi) is 7.43. The zero-order valence-electron chi connectivity index (χ0n) is 17.5. The smallest absolute Gasteiger partial charge is 0.330 e. The molecular formula is C22H34O4Si. The number of hydrogen-bond donors (Lipinski definition) is 0. The minimum absolute atomic E-state index is 0.0960. The second-order valence-electron chi connectivity index (χ2n) is 8.93. The molecule has 1 heterocycles. The van der Waals surface area contributed by atoms with Gasteiger partial charge in [-0.3, -0.25) is 0 Å². The Morgan fingerprint density at radius 2 is 1.85 bits per heavy atom. The maximum atomic E-state index is 11.7. The highest BCUT2D eigenvalue weighted by Crippen LogP contribution is 2.38. The van der Waals surface area contributed by atoms with E-state index in [1.165, 1.54) is 6.08 Å². The van der Waals surface area contributed by atoms with Gasteiger partial charge < -0.3 is 13.9 Å². The number of benzene rings is 1. The van der Waals surface area contributed by atoms with E-state index in [1.54, 1.807) is 0 Å². The molecule has 1 aliphatic heterocycles. The fraction of sp³-hybridized carbons (Fsp3) is 0.591. The molecule has 0 saturated carbocycles. The average Bonchev–Trinajstić information content (AvgIpc) is 2.57. The van der Waals surface area contributed by atoms with Gasteiger partial charge in [0, 0.05) is 18.4 Å². The Labute approximate surface area is 165 Å². The second kappa shape index (κ2) is 9.17. The highest BCUT2D eigenvalue weighted by atomic mass is 28.4. The molecule has 0 fully saturated rings. The fourth-order valence-electron chi connectivity index (χ4n) is 2.80. The molecule has 27 heavy (non-hydrogen) atoms. The topological polar surface area (TPSA) is 44.8 Å². The quantitative estimate of drug-likeness (QED) is 0.457. The van der Waals surface area contributed by atoms with E-state index in [0.29, 0.717) is 19.6 Å². The number of ether oxygens (including phenoxy) is 2. The molecule has 0 saturated heterocycles. The van der Waals surface area contributed by atoms with Gasteiger partial charge in [-0.2, -0.15) is 0 Å². The third-order valence-electron chi connectivity index (χ3n) is 5.57. The summed E-state index contributed by atoms with van der Waals surface area (Å²) in [6.07, 6.45) is 3.82. The highest BCUT2D eigenvalue weighted by molar-refractivity contribution is 6.74. The molecule has 3 atom stereocenters. The Morgan fingerprint density at radius 1 is 1.19 bits per heavy atom. The summed E-state index contributed by atoms with van der Waals surface area (Å²) >= 11 is 0. The van der Waals surface area contributed by atoms with Gasteiger partial charge in [-0.25, -0.2) is 4.79 Å². The van der Waals surface area contributed by atoms with Crippen LogP contribution in [0, 0.1) is 5.92 Å². The van der Waals surface area contributed by atoms with Crippen LogP contribution in [0.3, 0.4) is 0 Å². The second-order valence-corrected chi connectivity index (χ2v) is 13.7. The molecule has 0 unspecified atom stereocenters. The Bertz CT molecular complexity index is 633. The number of cyclic esters (lactones) is 1. The third kappa shape index (κ3) is 6.59. The molecule has 0 aromatic heterocycles. The van der Waals surface area contributed by atoms with Gasteiger partial charge in [0.15, 0.2) is 8.32 Å². The summed E-state index contributed by atoms with van der Waals surface area (Å²) in [6, 6.07) is 10.1. The van der Waals surface area contributed by atoms with Crippen molar-refractivity contribution in [2.75, 3.05) is 6.61 Å².